The highest BCUT2D eigenvalue weighted by Crippen LogP contribution is 2.24. The number of hydrogen-bond acceptors (Lipinski definition) is 14. The molecule has 0 aromatic carbocycles. The Morgan fingerprint density at radius 2 is 0.950 bits per heavy atom. The molecule has 60 heavy (non-hydrogen) atoms. The van der Waals surface area contributed by atoms with Crippen LogP contribution >= 0.6 is 21.6 Å². The number of rotatable bonds is 36. The van der Waals surface area contributed by atoms with Crippen molar-refractivity contribution < 1.29 is 81.8 Å². The van der Waals surface area contributed by atoms with Crippen LogP contribution in [0.3, 0.4) is 0 Å². The van der Waals surface area contributed by atoms with E-state index in [-0.39, 0.29) is 109 Å². The van der Waals surface area contributed by atoms with Gasteiger partial charge < -0.3 is 81.5 Å². The van der Waals surface area contributed by atoms with Crippen LogP contribution in [0.4, 0.5) is 0 Å². The second-order valence-electron chi connectivity index (χ2n) is 13.8. The molecule has 0 heterocycles. The summed E-state index contributed by atoms with van der Waals surface area (Å²) in [6.07, 6.45) is 9.82. The number of carbonyl (C=O) groups is 8. The fourth-order valence-electron chi connectivity index (χ4n) is 5.27. The first-order valence-corrected chi connectivity index (χ1v) is 23.3. The lowest BCUT2D eigenvalue weighted by Gasteiger charge is -2.20. The summed E-state index contributed by atoms with van der Waals surface area (Å²) in [7, 11) is 2.27. The van der Waals surface area contributed by atoms with Crippen molar-refractivity contribution in [3.63, 3.8) is 0 Å². The van der Waals surface area contributed by atoms with E-state index in [1.54, 1.807) is 13.8 Å². The molecule has 0 spiro atoms. The molecule has 4 atom stereocenters. The number of Topliss-reactive ketones (excluding diaryl/α,β-unsaturated/α-hetero) is 1. The van der Waals surface area contributed by atoms with Crippen LogP contribution in [0.1, 0.15) is 130 Å². The number of nitrogens with two attached hydrogens (primary N) is 2. The van der Waals surface area contributed by atoms with Gasteiger partial charge >= 0.3 is 11.9 Å². The van der Waals surface area contributed by atoms with Gasteiger partial charge in [-0.1, -0.05) is 86.8 Å². The van der Waals surface area contributed by atoms with Gasteiger partial charge in [-0.05, 0) is 39.5 Å². The Hall–Kier alpha value is -2.46. The molecule has 21 heteroatoms. The molecule has 0 aliphatic carbocycles. The van der Waals surface area contributed by atoms with Crippen LogP contribution in [0.5, 0.6) is 0 Å². The van der Waals surface area contributed by atoms with E-state index in [1.165, 1.54) is 0 Å². The van der Waals surface area contributed by atoms with Gasteiger partial charge in [0.05, 0.1) is 37.8 Å². The maximum atomic E-state index is 13.2. The van der Waals surface area contributed by atoms with E-state index in [9.17, 15) is 38.4 Å². The van der Waals surface area contributed by atoms with Crippen molar-refractivity contribution in [2.75, 3.05) is 44.4 Å². The van der Waals surface area contributed by atoms with Crippen LogP contribution in [-0.2, 0) is 47.8 Å². The summed E-state index contributed by atoms with van der Waals surface area (Å²) in [5.74, 6) is -4.04. The van der Waals surface area contributed by atoms with Crippen molar-refractivity contribution in [2.24, 2.45) is 11.5 Å². The minimum Gasteiger partial charge on any atom is -1.00 e. The Labute approximate surface area is 385 Å². The van der Waals surface area contributed by atoms with E-state index >= 15 is 0 Å². The van der Waals surface area contributed by atoms with Crippen LogP contribution in [-0.4, -0.2) is 116 Å². The Kier molecular flexibility index (Phi) is 41.8. The summed E-state index contributed by atoms with van der Waals surface area (Å²) in [5.41, 5.74) is 12.0. The second-order valence-corrected chi connectivity index (χ2v) is 16.4. The normalized spacial score (nSPS) is 12.5. The predicted octanol–water partition coefficient (Wildman–Crippen LogP) is -3.67. The van der Waals surface area contributed by atoms with Gasteiger partial charge in [0.2, 0.25) is 29.5 Å². The third-order valence-corrected chi connectivity index (χ3v) is 11.1. The highest BCUT2D eigenvalue weighted by Gasteiger charge is 2.26. The molecule has 0 rings (SSSR count). The highest BCUT2D eigenvalue weighted by atomic mass is 79.9. The zero-order valence-electron chi connectivity index (χ0n) is 35.9. The van der Waals surface area contributed by atoms with E-state index in [0.717, 1.165) is 85.8 Å². The molecule has 0 saturated carbocycles. The van der Waals surface area contributed by atoms with Gasteiger partial charge in [-0.2, -0.15) is 0 Å². The minimum absolute atomic E-state index is 0. The Balaban J connectivity index is -0.0000162. The van der Waals surface area contributed by atoms with Crippen molar-refractivity contribution in [1.29, 1.82) is 0 Å². The van der Waals surface area contributed by atoms with Gasteiger partial charge in [-0.3, -0.25) is 38.4 Å². The zero-order chi connectivity index (χ0) is 43.6. The van der Waals surface area contributed by atoms with Crippen molar-refractivity contribution in [2.45, 2.75) is 155 Å². The lowest BCUT2D eigenvalue weighted by molar-refractivity contribution is -0.144. The van der Waals surface area contributed by atoms with Crippen molar-refractivity contribution >= 4 is 68.8 Å². The van der Waals surface area contributed by atoms with Gasteiger partial charge in [-0.25, -0.2) is 0 Å². The molecule has 17 nitrogen and oxygen atoms in total. The predicted molar refractivity (Wildman–Crippen MR) is 227 cm³/mol. The van der Waals surface area contributed by atoms with Crippen molar-refractivity contribution in [3.8, 4) is 0 Å². The minimum atomic E-state index is -1.12. The third-order valence-electron chi connectivity index (χ3n) is 8.72. The first-order chi connectivity index (χ1) is 27.8. The fourth-order valence-corrected chi connectivity index (χ4v) is 7.63. The summed E-state index contributed by atoms with van der Waals surface area (Å²) in [6, 6.07) is -3.98. The Morgan fingerprint density at radius 1 is 0.517 bits per heavy atom. The van der Waals surface area contributed by atoms with Crippen LogP contribution in [0, 0.1) is 0 Å². The number of hydrogen-bond donors (Lipinski definition) is 7. The Bertz CT molecular complexity index is 1170. The third kappa shape index (κ3) is 33.2. The molecule has 0 radical (unpaired) electrons. The van der Waals surface area contributed by atoms with E-state index in [2.05, 4.69) is 40.4 Å². The van der Waals surface area contributed by atoms with Crippen LogP contribution in [0.15, 0.2) is 0 Å². The average Bonchev–Trinajstić information content (AvgIpc) is 3.20. The maximum absolute atomic E-state index is 13.2. The number of halogens is 2. The Morgan fingerprint density at radius 3 is 1.42 bits per heavy atom. The van der Waals surface area contributed by atoms with E-state index in [4.69, 9.17) is 20.9 Å². The van der Waals surface area contributed by atoms with E-state index in [0.29, 0.717) is 13.1 Å². The number of ketones is 1. The molecule has 0 aliphatic heterocycles. The lowest BCUT2D eigenvalue weighted by Crippen LogP contribution is -3.00. The van der Waals surface area contributed by atoms with E-state index < -0.39 is 66.2 Å². The molecule has 4 unspecified atom stereocenters. The topological polar surface area (TPSA) is 267 Å². The van der Waals surface area contributed by atoms with Gasteiger partial charge in [0.1, 0.15) is 12.6 Å². The average molecular weight is 1020 g/mol. The SMILES string of the molecule is CCCCCCCNC(=O)C(N)CCC(=O)NC(CSSCC(NC(=O)CCC(N)C(=O)NCCCCCCC)C(=O)NCC(=O)OCC)C(=O)CCC(=O)OCC.[Br-].[Br-]. The van der Waals surface area contributed by atoms with Crippen molar-refractivity contribution in [3.05, 3.63) is 0 Å². The molecule has 0 saturated heterocycles. The standard InChI is InChI=1S/C39H71N7O10S2.2BrH/c1-5-9-11-13-15-23-42-37(52)28(40)17-20-33(48)45-30(32(47)19-22-35(50)55-7-3)26-57-58-27-31(39(54)44-25-36(51)56-8-4)46-34(49)21-18-29(41)38(53)43-24-16-14-12-10-6-2;;/h28-31H,5-27,40-41H2,1-4H3,(H,42,52)(H,43,53)(H,44,54)(H,45,48)(H,46,49);2*1H/p-2. The first kappa shape index (κ1) is 61.8. The number of ether oxygens (including phenoxy) is 2. The van der Waals surface area contributed by atoms with E-state index in [1.807, 2.05) is 0 Å². The van der Waals surface area contributed by atoms with Gasteiger partial charge in [0.25, 0.3) is 0 Å². The number of esters is 2. The number of unbranched alkanes of at least 4 members (excludes halogenated alkanes) is 8. The molecule has 5 amide bonds. The number of amides is 5. The number of carbonyl (C=O) groups excluding carboxylic acids is 8. The maximum Gasteiger partial charge on any atom is 0.325 e. The largest absolute Gasteiger partial charge is 1.00 e. The van der Waals surface area contributed by atoms with Crippen LogP contribution < -0.4 is 72.0 Å². The van der Waals surface area contributed by atoms with Crippen molar-refractivity contribution in [1.82, 2.24) is 26.6 Å². The summed E-state index contributed by atoms with van der Waals surface area (Å²) in [6.45, 7) is 8.35. The summed E-state index contributed by atoms with van der Waals surface area (Å²) >= 11 is 0. The zero-order valence-corrected chi connectivity index (χ0v) is 40.7. The lowest BCUT2D eigenvalue weighted by atomic mass is 10.1. The monoisotopic (exact) mass is 1020 g/mol. The molecular formula is C39H71Br2N7O10S2-2. The molecule has 0 bridgehead atoms. The molecule has 0 aliphatic rings. The first-order valence-electron chi connectivity index (χ1n) is 20.8. The quantitative estimate of drug-likeness (QED) is 0.0181. The molecule has 0 fully saturated rings. The van der Waals surface area contributed by atoms with Gasteiger partial charge in [-0.15, -0.1) is 0 Å². The molecule has 0 aromatic heterocycles. The molecule has 9 N–H and O–H groups in total. The van der Waals surface area contributed by atoms with Gasteiger partial charge in [0, 0.05) is 43.9 Å². The highest BCUT2D eigenvalue weighted by molar-refractivity contribution is 8.76. The smallest absolute Gasteiger partial charge is 0.325 e. The van der Waals surface area contributed by atoms with Crippen LogP contribution in [0.2, 0.25) is 0 Å². The molecule has 0 aromatic rings. The second kappa shape index (κ2) is 40.6. The van der Waals surface area contributed by atoms with Gasteiger partial charge in [0.15, 0.2) is 5.78 Å². The molecular weight excluding hydrogens is 950 g/mol. The summed E-state index contributed by atoms with van der Waals surface area (Å²) in [4.78, 5) is 101. The van der Waals surface area contributed by atoms with Crippen LogP contribution in [0.25, 0.3) is 0 Å². The fraction of sp³-hybridized carbons (Fsp3) is 0.795. The summed E-state index contributed by atoms with van der Waals surface area (Å²) < 4.78 is 9.79. The summed E-state index contributed by atoms with van der Waals surface area (Å²) in [5, 5.41) is 13.3. The number of nitrogens with one attached hydrogen (secondary N) is 5. The molecule has 350 valence electrons.